The van der Waals surface area contributed by atoms with Crippen molar-refractivity contribution >= 4 is 17.9 Å². The second kappa shape index (κ2) is 7.55. The first kappa shape index (κ1) is 14.3. The van der Waals surface area contributed by atoms with Crippen molar-refractivity contribution in [3.63, 3.8) is 0 Å². The Morgan fingerprint density at radius 2 is 2.33 bits per heavy atom. The van der Waals surface area contributed by atoms with Gasteiger partial charge in [0, 0.05) is 13.1 Å². The Morgan fingerprint density at radius 1 is 1.56 bits per heavy atom. The number of hydrogen-bond donors (Lipinski definition) is 1. The molecule has 0 saturated carbocycles. The van der Waals surface area contributed by atoms with Gasteiger partial charge >= 0.3 is 0 Å². The predicted molar refractivity (Wildman–Crippen MR) is 70.2 cm³/mol. The molecule has 1 heterocycles. The Kier molecular flexibility index (Phi) is 6.00. The molecule has 0 aromatic carbocycles. The van der Waals surface area contributed by atoms with Crippen molar-refractivity contribution in [1.29, 1.82) is 0 Å². The van der Waals surface area contributed by atoms with Crippen LogP contribution in [-0.4, -0.2) is 29.8 Å². The monoisotopic (exact) mass is 249 g/mol. The maximum atomic E-state index is 11.7. The van der Waals surface area contributed by atoms with Crippen LogP contribution in [0.5, 0.6) is 0 Å². The molecule has 0 fully saturated rings. The molecule has 5 heteroatoms. The van der Waals surface area contributed by atoms with E-state index >= 15 is 0 Å². The van der Waals surface area contributed by atoms with Gasteiger partial charge in [-0.3, -0.25) is 9.78 Å². The number of aldehydes is 1. The Bertz CT molecular complexity index is 381. The van der Waals surface area contributed by atoms with Crippen LogP contribution in [-0.2, 0) is 9.59 Å². The van der Waals surface area contributed by atoms with E-state index < -0.39 is 6.04 Å². The number of rotatable bonds is 7. The summed E-state index contributed by atoms with van der Waals surface area (Å²) in [5, 5.41) is 0. The van der Waals surface area contributed by atoms with Crippen LogP contribution in [0, 0.1) is 0 Å². The minimum atomic E-state index is -0.446. The average Bonchev–Trinajstić information content (AvgIpc) is 2.38. The molecule has 1 aromatic rings. The van der Waals surface area contributed by atoms with Gasteiger partial charge in [0.15, 0.2) is 0 Å². The summed E-state index contributed by atoms with van der Waals surface area (Å²) >= 11 is 0. The lowest BCUT2D eigenvalue weighted by molar-refractivity contribution is -0.119. The molecule has 2 N–H and O–H groups in total. The number of carbonyl (C=O) groups excluding carboxylic acids is 2. The zero-order chi connectivity index (χ0) is 13.4. The van der Waals surface area contributed by atoms with Gasteiger partial charge in [0.05, 0.1) is 17.9 Å². The van der Waals surface area contributed by atoms with E-state index in [1.54, 1.807) is 24.5 Å². The lowest BCUT2D eigenvalue weighted by Crippen LogP contribution is -2.40. The van der Waals surface area contributed by atoms with E-state index in [0.717, 1.165) is 19.1 Å². The molecule has 5 nitrogen and oxygen atoms in total. The molecule has 1 amide bonds. The number of amides is 1. The highest BCUT2D eigenvalue weighted by Crippen LogP contribution is 2.18. The molecule has 0 unspecified atom stereocenters. The Balaban J connectivity index is 2.82. The molecular weight excluding hydrogens is 230 g/mol. The van der Waals surface area contributed by atoms with Gasteiger partial charge in [-0.1, -0.05) is 0 Å². The van der Waals surface area contributed by atoms with Crippen LogP contribution < -0.4 is 10.6 Å². The summed E-state index contributed by atoms with van der Waals surface area (Å²) in [5.74, 6) is -0.159. The van der Waals surface area contributed by atoms with Gasteiger partial charge < -0.3 is 15.4 Å². The third kappa shape index (κ3) is 3.92. The van der Waals surface area contributed by atoms with Crippen molar-refractivity contribution < 1.29 is 9.59 Å². The molecule has 0 aliphatic heterocycles. The maximum Gasteiger partial charge on any atom is 0.224 e. The third-order valence-corrected chi connectivity index (χ3v) is 2.71. The summed E-state index contributed by atoms with van der Waals surface area (Å²) < 4.78 is 0. The van der Waals surface area contributed by atoms with E-state index in [1.807, 2.05) is 0 Å². The van der Waals surface area contributed by atoms with Crippen LogP contribution in [0.1, 0.15) is 26.2 Å². The van der Waals surface area contributed by atoms with Gasteiger partial charge in [-0.2, -0.15) is 0 Å². The molecule has 1 aromatic heterocycles. The summed E-state index contributed by atoms with van der Waals surface area (Å²) in [4.78, 5) is 28.3. The van der Waals surface area contributed by atoms with Crippen LogP contribution in [0.4, 0.5) is 5.69 Å². The first-order valence-electron chi connectivity index (χ1n) is 6.06. The first-order valence-corrected chi connectivity index (χ1v) is 6.06. The summed E-state index contributed by atoms with van der Waals surface area (Å²) in [7, 11) is 0. The van der Waals surface area contributed by atoms with Gasteiger partial charge in [0.2, 0.25) is 5.91 Å². The molecule has 0 radical (unpaired) electrons. The van der Waals surface area contributed by atoms with Gasteiger partial charge in [-0.25, -0.2) is 0 Å². The van der Waals surface area contributed by atoms with Crippen LogP contribution in [0.25, 0.3) is 0 Å². The zero-order valence-electron chi connectivity index (χ0n) is 10.6. The van der Waals surface area contributed by atoms with Crippen LogP contribution in [0.2, 0.25) is 0 Å². The number of nitrogens with two attached hydrogens (primary N) is 1. The lowest BCUT2D eigenvalue weighted by Gasteiger charge is -2.26. The number of carbonyl (C=O) groups is 2. The zero-order valence-corrected chi connectivity index (χ0v) is 10.6. The number of nitrogens with zero attached hydrogens (tertiary/aromatic N) is 2. The maximum absolute atomic E-state index is 11.7. The number of aromatic nitrogens is 1. The summed E-state index contributed by atoms with van der Waals surface area (Å²) in [6.07, 6.45) is 6.32. The van der Waals surface area contributed by atoms with Gasteiger partial charge in [0.25, 0.3) is 0 Å². The molecule has 1 rings (SSSR count). The minimum absolute atomic E-state index is 0.159. The molecule has 0 aliphatic rings. The van der Waals surface area contributed by atoms with Gasteiger partial charge in [-0.05, 0) is 37.9 Å². The second-order valence-electron chi connectivity index (χ2n) is 4.09. The highest BCUT2D eigenvalue weighted by molar-refractivity contribution is 5.95. The fourth-order valence-corrected chi connectivity index (χ4v) is 1.86. The Morgan fingerprint density at radius 3 is 2.83 bits per heavy atom. The number of anilines is 1. The topological polar surface area (TPSA) is 76.3 Å². The van der Waals surface area contributed by atoms with Gasteiger partial charge in [0.1, 0.15) is 6.29 Å². The summed E-state index contributed by atoms with van der Waals surface area (Å²) in [6.45, 7) is 2.05. The second-order valence-corrected chi connectivity index (χ2v) is 4.09. The Labute approximate surface area is 107 Å². The molecular formula is C13H19N3O2. The van der Waals surface area contributed by atoms with E-state index in [9.17, 15) is 9.59 Å². The van der Waals surface area contributed by atoms with E-state index in [2.05, 4.69) is 4.98 Å². The van der Waals surface area contributed by atoms with Crippen molar-refractivity contribution in [2.75, 3.05) is 11.4 Å². The first-order chi connectivity index (χ1) is 8.70. The number of hydrogen-bond acceptors (Lipinski definition) is 4. The van der Waals surface area contributed by atoms with Crippen LogP contribution in [0.3, 0.4) is 0 Å². The minimum Gasteiger partial charge on any atom is -0.330 e. The largest absolute Gasteiger partial charge is 0.330 e. The molecule has 1 atom stereocenters. The molecule has 0 spiro atoms. The van der Waals surface area contributed by atoms with Crippen LogP contribution in [0.15, 0.2) is 24.5 Å². The van der Waals surface area contributed by atoms with E-state index in [1.165, 1.54) is 11.8 Å². The van der Waals surface area contributed by atoms with E-state index in [-0.39, 0.29) is 5.91 Å². The van der Waals surface area contributed by atoms with Crippen LogP contribution >= 0.6 is 0 Å². The molecule has 98 valence electrons. The highest BCUT2D eigenvalue weighted by atomic mass is 16.2. The SMILES string of the molecule is CC(=O)N(c1cccnc1)[C@@H](C=O)CCCCN. The number of pyridine rings is 1. The molecule has 18 heavy (non-hydrogen) atoms. The molecule has 0 bridgehead atoms. The summed E-state index contributed by atoms with van der Waals surface area (Å²) in [6, 6.07) is 3.07. The summed E-state index contributed by atoms with van der Waals surface area (Å²) in [5.41, 5.74) is 6.07. The fraction of sp³-hybridized carbons (Fsp3) is 0.462. The van der Waals surface area contributed by atoms with E-state index in [0.29, 0.717) is 18.7 Å². The van der Waals surface area contributed by atoms with Crippen molar-refractivity contribution in [3.8, 4) is 0 Å². The third-order valence-electron chi connectivity index (χ3n) is 2.71. The quantitative estimate of drug-likeness (QED) is 0.580. The van der Waals surface area contributed by atoms with Crippen molar-refractivity contribution in [2.24, 2.45) is 5.73 Å². The van der Waals surface area contributed by atoms with Crippen molar-refractivity contribution in [1.82, 2.24) is 4.98 Å². The smallest absolute Gasteiger partial charge is 0.224 e. The van der Waals surface area contributed by atoms with Crippen molar-refractivity contribution in [2.45, 2.75) is 32.2 Å². The normalized spacial score (nSPS) is 11.9. The van der Waals surface area contributed by atoms with Crippen molar-refractivity contribution in [3.05, 3.63) is 24.5 Å². The predicted octanol–water partition coefficient (Wildman–Crippen LogP) is 1.13. The average molecular weight is 249 g/mol. The van der Waals surface area contributed by atoms with Gasteiger partial charge in [-0.15, -0.1) is 0 Å². The molecule has 0 saturated heterocycles. The lowest BCUT2D eigenvalue weighted by atomic mass is 10.1. The fourth-order valence-electron chi connectivity index (χ4n) is 1.86. The standard InChI is InChI=1S/C13H19N3O2/c1-11(18)16(12-6-4-8-15-9-12)13(10-17)5-2-3-7-14/h4,6,8-10,13H,2-3,5,7,14H2,1H3/t13-/m1/s1. The number of unbranched alkanes of at least 4 members (excludes halogenated alkanes) is 1. The Hall–Kier alpha value is -1.75. The van der Waals surface area contributed by atoms with E-state index in [4.69, 9.17) is 5.73 Å². The highest BCUT2D eigenvalue weighted by Gasteiger charge is 2.21. The molecule has 0 aliphatic carbocycles.